The van der Waals surface area contributed by atoms with E-state index in [1.165, 1.54) is 16.9 Å². The lowest BCUT2D eigenvalue weighted by Crippen LogP contribution is -2.54. The van der Waals surface area contributed by atoms with Gasteiger partial charge in [0.1, 0.15) is 17.0 Å². The van der Waals surface area contributed by atoms with Crippen LogP contribution in [0.15, 0.2) is 36.4 Å². The maximum Gasteiger partial charge on any atom is 0.429 e. The van der Waals surface area contributed by atoms with Crippen LogP contribution in [0.4, 0.5) is 21.0 Å². The van der Waals surface area contributed by atoms with Gasteiger partial charge in [0.05, 0.1) is 18.3 Å². The molecule has 0 saturated carbocycles. The van der Waals surface area contributed by atoms with Gasteiger partial charge in [0.2, 0.25) is 5.91 Å². The van der Waals surface area contributed by atoms with Gasteiger partial charge in [-0.25, -0.2) is 19.6 Å². The third-order valence-electron chi connectivity index (χ3n) is 5.76. The van der Waals surface area contributed by atoms with E-state index in [0.717, 1.165) is 22.4 Å². The first-order valence-electron chi connectivity index (χ1n) is 14.1. The number of benzene rings is 2. The minimum absolute atomic E-state index is 0.0548. The molecule has 0 heterocycles. The van der Waals surface area contributed by atoms with Crippen LogP contribution in [0.2, 0.25) is 0 Å². The molecule has 10 heteroatoms. The van der Waals surface area contributed by atoms with E-state index in [9.17, 15) is 14.4 Å². The highest BCUT2D eigenvalue weighted by Gasteiger charge is 2.33. The summed E-state index contributed by atoms with van der Waals surface area (Å²) in [5, 5.41) is 16.5. The first-order valence-corrected chi connectivity index (χ1v) is 14.1. The molecule has 0 radical (unpaired) electrons. The summed E-state index contributed by atoms with van der Waals surface area (Å²) >= 11 is 0. The molecule has 0 atom stereocenters. The maximum atomic E-state index is 13.1. The first kappa shape index (κ1) is 34.7. The number of alkyl carbamates (subject to hydrolysis) is 1. The molecule has 0 aromatic heterocycles. The highest BCUT2D eigenvalue weighted by Crippen LogP contribution is 2.28. The SMILES string of the molecule is CC(=O)N(c1cc(C)c(C#CCNc2ccc(C(=N)NC(=O)OC(C)(C)C)cc2)cc1C)N(C(=O)OC(C)(C)C)C(C)C. The summed E-state index contributed by atoms with van der Waals surface area (Å²) in [7, 11) is 0. The van der Waals surface area contributed by atoms with E-state index in [1.807, 2.05) is 39.8 Å². The van der Waals surface area contributed by atoms with Crippen LogP contribution in [0.5, 0.6) is 0 Å². The second-order valence-electron chi connectivity index (χ2n) is 12.4. The van der Waals surface area contributed by atoms with Crippen molar-refractivity contribution in [1.29, 1.82) is 5.41 Å². The predicted octanol–water partition coefficient (Wildman–Crippen LogP) is 6.53. The number of carbonyl (C=O) groups is 3. The average Bonchev–Trinajstić information content (AvgIpc) is 2.84. The minimum atomic E-state index is -0.713. The van der Waals surface area contributed by atoms with Gasteiger partial charge < -0.3 is 14.8 Å². The Kier molecular flexibility index (Phi) is 11.4. The van der Waals surface area contributed by atoms with Gasteiger partial charge in [0.25, 0.3) is 0 Å². The van der Waals surface area contributed by atoms with Gasteiger partial charge in [0, 0.05) is 23.7 Å². The van der Waals surface area contributed by atoms with Crippen LogP contribution in [-0.2, 0) is 14.3 Å². The molecule has 2 aromatic carbocycles. The number of hydrogen-bond donors (Lipinski definition) is 3. The van der Waals surface area contributed by atoms with Crippen LogP contribution in [0.3, 0.4) is 0 Å². The third-order valence-corrected chi connectivity index (χ3v) is 5.76. The molecule has 3 amide bonds. The average molecular weight is 592 g/mol. The van der Waals surface area contributed by atoms with E-state index in [4.69, 9.17) is 14.9 Å². The Morgan fingerprint density at radius 3 is 2.02 bits per heavy atom. The number of rotatable bonds is 5. The first-order chi connectivity index (χ1) is 19.8. The number of nitrogens with zero attached hydrogens (tertiary/aromatic N) is 2. The number of ether oxygens (including phenoxy) is 2. The molecule has 0 fully saturated rings. The van der Waals surface area contributed by atoms with E-state index >= 15 is 0 Å². The highest BCUT2D eigenvalue weighted by molar-refractivity contribution is 6.04. The molecule has 0 bridgehead atoms. The lowest BCUT2D eigenvalue weighted by molar-refractivity contribution is -0.120. The topological polar surface area (TPSA) is 124 Å². The molecule has 43 heavy (non-hydrogen) atoms. The number of amidine groups is 1. The predicted molar refractivity (Wildman–Crippen MR) is 170 cm³/mol. The van der Waals surface area contributed by atoms with Crippen LogP contribution in [0.25, 0.3) is 0 Å². The zero-order chi connectivity index (χ0) is 32.7. The largest absolute Gasteiger partial charge is 0.444 e. The van der Waals surface area contributed by atoms with Crippen molar-refractivity contribution in [2.75, 3.05) is 16.9 Å². The smallest absolute Gasteiger partial charge is 0.429 e. The second-order valence-corrected chi connectivity index (χ2v) is 12.4. The summed E-state index contributed by atoms with van der Waals surface area (Å²) in [6.07, 6.45) is -1.28. The van der Waals surface area contributed by atoms with E-state index in [0.29, 0.717) is 17.8 Å². The van der Waals surface area contributed by atoms with Gasteiger partial charge in [-0.3, -0.25) is 15.5 Å². The molecular formula is C33H45N5O5. The van der Waals surface area contributed by atoms with Crippen LogP contribution < -0.4 is 15.6 Å². The number of nitrogens with one attached hydrogen (secondary N) is 3. The summed E-state index contributed by atoms with van der Waals surface area (Å²) < 4.78 is 10.8. The van der Waals surface area contributed by atoms with Gasteiger partial charge in [-0.1, -0.05) is 11.8 Å². The van der Waals surface area contributed by atoms with Crippen molar-refractivity contribution in [3.63, 3.8) is 0 Å². The summed E-state index contributed by atoms with van der Waals surface area (Å²) in [4.78, 5) is 37.8. The van der Waals surface area contributed by atoms with E-state index in [2.05, 4.69) is 22.5 Å². The second kappa shape index (κ2) is 14.1. The van der Waals surface area contributed by atoms with Crippen molar-refractivity contribution in [1.82, 2.24) is 10.3 Å². The Balaban J connectivity index is 2.15. The quantitative estimate of drug-likeness (QED) is 0.157. The van der Waals surface area contributed by atoms with Crippen molar-refractivity contribution in [3.05, 3.63) is 58.7 Å². The van der Waals surface area contributed by atoms with Gasteiger partial charge >= 0.3 is 12.2 Å². The Hall–Kier alpha value is -4.52. The fourth-order valence-electron chi connectivity index (χ4n) is 3.95. The Labute approximate surface area is 255 Å². The molecule has 2 rings (SSSR count). The molecular weight excluding hydrogens is 546 g/mol. The molecule has 0 spiro atoms. The fourth-order valence-corrected chi connectivity index (χ4v) is 3.95. The monoisotopic (exact) mass is 591 g/mol. The summed E-state index contributed by atoms with van der Waals surface area (Å²) in [5.74, 6) is 5.93. The molecule has 0 aliphatic heterocycles. The number of anilines is 2. The normalized spacial score (nSPS) is 11.2. The summed E-state index contributed by atoms with van der Waals surface area (Å²) in [5.41, 5.74) is 3.00. The Bertz CT molecular complexity index is 1410. The molecule has 232 valence electrons. The number of amides is 3. The summed E-state index contributed by atoms with van der Waals surface area (Å²) in [6.45, 7) is 19.8. The molecule has 10 nitrogen and oxygen atoms in total. The number of aryl methyl sites for hydroxylation is 2. The lowest BCUT2D eigenvalue weighted by atomic mass is 10.0. The van der Waals surface area contributed by atoms with Crippen LogP contribution in [0, 0.1) is 31.1 Å². The summed E-state index contributed by atoms with van der Waals surface area (Å²) in [6, 6.07) is 10.5. The highest BCUT2D eigenvalue weighted by atomic mass is 16.6. The van der Waals surface area contributed by atoms with Crippen molar-refractivity contribution in [3.8, 4) is 11.8 Å². The molecule has 0 aliphatic carbocycles. The molecule has 2 aromatic rings. The van der Waals surface area contributed by atoms with Crippen molar-refractivity contribution >= 4 is 35.3 Å². The number of carbonyl (C=O) groups excluding carboxylic acids is 3. The fraction of sp³-hybridized carbons (Fsp3) is 0.455. The Morgan fingerprint density at radius 2 is 1.51 bits per heavy atom. The van der Waals surface area contributed by atoms with Crippen LogP contribution in [0.1, 0.15) is 84.6 Å². The number of hydrazine groups is 1. The molecule has 0 aliphatic rings. The Morgan fingerprint density at radius 1 is 0.930 bits per heavy atom. The van der Waals surface area contributed by atoms with E-state index in [1.54, 1.807) is 65.8 Å². The van der Waals surface area contributed by atoms with Crippen LogP contribution in [-0.4, -0.2) is 52.7 Å². The van der Waals surface area contributed by atoms with Crippen molar-refractivity contribution in [2.45, 2.75) is 93.4 Å². The van der Waals surface area contributed by atoms with Crippen molar-refractivity contribution < 1.29 is 23.9 Å². The molecule has 3 N–H and O–H groups in total. The van der Waals surface area contributed by atoms with Crippen LogP contribution >= 0.6 is 0 Å². The zero-order valence-electron chi connectivity index (χ0n) is 27.2. The standard InChI is InChI=1S/C33H45N5O5/c1-21(2)37(31(41)43-33(9,10)11)38(24(5)39)28-20-22(3)26(19-23(28)4)13-12-18-35-27-16-14-25(15-17-27)29(34)36-30(40)42-32(6,7)8/h14-17,19-21,35H,18H2,1-11H3,(H2,34,36,40). The maximum absolute atomic E-state index is 13.1. The van der Waals surface area contributed by atoms with Crippen molar-refractivity contribution in [2.24, 2.45) is 0 Å². The minimum Gasteiger partial charge on any atom is -0.444 e. The molecule has 0 unspecified atom stereocenters. The molecule has 0 saturated heterocycles. The van der Waals surface area contributed by atoms with Gasteiger partial charge in [0.15, 0.2) is 0 Å². The van der Waals surface area contributed by atoms with Gasteiger partial charge in [-0.05, 0) is 117 Å². The van der Waals surface area contributed by atoms with E-state index in [-0.39, 0.29) is 17.8 Å². The van der Waals surface area contributed by atoms with Gasteiger partial charge in [-0.2, -0.15) is 0 Å². The van der Waals surface area contributed by atoms with E-state index < -0.39 is 23.4 Å². The van der Waals surface area contributed by atoms with Gasteiger partial charge in [-0.15, -0.1) is 0 Å². The number of hydrogen-bond acceptors (Lipinski definition) is 7. The zero-order valence-corrected chi connectivity index (χ0v) is 27.2. The third kappa shape index (κ3) is 10.7. The lowest BCUT2D eigenvalue weighted by Gasteiger charge is -2.38.